The summed E-state index contributed by atoms with van der Waals surface area (Å²) in [5.74, 6) is 0.432. The molecule has 0 aliphatic carbocycles. The predicted molar refractivity (Wildman–Crippen MR) is 84.6 cm³/mol. The van der Waals surface area contributed by atoms with Crippen LogP contribution in [-0.4, -0.2) is 42.5 Å². The Balaban J connectivity index is 2.22. The lowest BCUT2D eigenvalue weighted by Gasteiger charge is -2.07. The van der Waals surface area contributed by atoms with Gasteiger partial charge in [0.2, 0.25) is 0 Å². The van der Waals surface area contributed by atoms with E-state index >= 15 is 0 Å². The Morgan fingerprint density at radius 1 is 1.52 bits per heavy atom. The molecular weight excluding hydrogens is 290 g/mol. The average Bonchev–Trinajstić information content (AvgIpc) is 2.83. The Labute approximate surface area is 129 Å². The number of unbranched alkanes of at least 4 members (excludes halogenated alkanes) is 1. The molecule has 0 spiro atoms. The van der Waals surface area contributed by atoms with Gasteiger partial charge < -0.3 is 15.5 Å². The predicted octanol–water partition coefficient (Wildman–Crippen LogP) is 1.41. The molecule has 0 saturated carbocycles. The first-order valence-corrected chi connectivity index (χ1v) is 7.74. The minimum atomic E-state index is -0.472. The van der Waals surface area contributed by atoms with Gasteiger partial charge in [-0.25, -0.2) is 4.98 Å². The fourth-order valence-electron chi connectivity index (χ4n) is 1.77. The molecule has 118 valence electrons. The molecule has 1 rings (SSSR count). The van der Waals surface area contributed by atoms with Crippen molar-refractivity contribution in [3.8, 4) is 0 Å². The van der Waals surface area contributed by atoms with Crippen LogP contribution in [0.5, 0.6) is 0 Å². The molecule has 8 heteroatoms. The Kier molecular flexibility index (Phi) is 7.70. The van der Waals surface area contributed by atoms with E-state index in [9.17, 15) is 10.1 Å². The lowest BCUT2D eigenvalue weighted by atomic mass is 10.2. The Morgan fingerprint density at radius 3 is 2.90 bits per heavy atom. The highest BCUT2D eigenvalue weighted by molar-refractivity contribution is 7.09. The van der Waals surface area contributed by atoms with Crippen LogP contribution in [0.1, 0.15) is 23.5 Å². The van der Waals surface area contributed by atoms with E-state index < -0.39 is 4.92 Å². The van der Waals surface area contributed by atoms with Gasteiger partial charge in [-0.15, -0.1) is 11.3 Å². The van der Waals surface area contributed by atoms with Gasteiger partial charge in [-0.1, -0.05) is 0 Å². The SMILES string of the molecule is CNC(=C[N+](=O)[O-])NCCCCc1csc(CN(C)C)n1. The van der Waals surface area contributed by atoms with Crippen molar-refractivity contribution in [2.75, 3.05) is 27.7 Å². The molecular formula is C13H23N5O2S. The fourth-order valence-corrected chi connectivity index (χ4v) is 2.71. The normalized spacial score (nSPS) is 11.7. The van der Waals surface area contributed by atoms with E-state index in [4.69, 9.17) is 0 Å². The van der Waals surface area contributed by atoms with Crippen molar-refractivity contribution in [3.63, 3.8) is 0 Å². The van der Waals surface area contributed by atoms with Crippen molar-refractivity contribution in [1.82, 2.24) is 20.5 Å². The summed E-state index contributed by atoms with van der Waals surface area (Å²) < 4.78 is 0. The maximum atomic E-state index is 10.4. The molecule has 0 aliphatic rings. The highest BCUT2D eigenvalue weighted by Gasteiger charge is 2.03. The molecule has 21 heavy (non-hydrogen) atoms. The second-order valence-electron chi connectivity index (χ2n) is 4.93. The molecule has 1 heterocycles. The molecule has 0 saturated heterocycles. The maximum Gasteiger partial charge on any atom is 0.274 e. The summed E-state index contributed by atoms with van der Waals surface area (Å²) in [5, 5.41) is 19.4. The molecule has 0 aliphatic heterocycles. The first kappa shape index (κ1) is 17.4. The molecule has 1 aromatic heterocycles. The zero-order valence-electron chi connectivity index (χ0n) is 12.8. The maximum absolute atomic E-state index is 10.4. The van der Waals surface area contributed by atoms with E-state index in [2.05, 4.69) is 25.9 Å². The Morgan fingerprint density at radius 2 is 2.29 bits per heavy atom. The first-order valence-electron chi connectivity index (χ1n) is 6.86. The molecule has 0 radical (unpaired) electrons. The largest absolute Gasteiger partial charge is 0.370 e. The van der Waals surface area contributed by atoms with Gasteiger partial charge in [0.05, 0.1) is 10.6 Å². The quantitative estimate of drug-likeness (QED) is 0.386. The number of nitrogens with one attached hydrogen (secondary N) is 2. The number of aryl methyl sites for hydroxylation is 1. The highest BCUT2D eigenvalue weighted by atomic mass is 32.1. The number of thiazole rings is 1. The van der Waals surface area contributed by atoms with Crippen molar-refractivity contribution < 1.29 is 4.92 Å². The van der Waals surface area contributed by atoms with Crippen LogP contribution in [0.4, 0.5) is 0 Å². The van der Waals surface area contributed by atoms with Crippen molar-refractivity contribution >= 4 is 11.3 Å². The molecule has 0 aromatic carbocycles. The second kappa shape index (κ2) is 9.30. The van der Waals surface area contributed by atoms with Crippen LogP contribution in [0, 0.1) is 10.1 Å². The van der Waals surface area contributed by atoms with Crippen LogP contribution in [0.2, 0.25) is 0 Å². The lowest BCUT2D eigenvalue weighted by molar-refractivity contribution is -0.404. The van der Waals surface area contributed by atoms with Crippen LogP contribution in [0.25, 0.3) is 0 Å². The van der Waals surface area contributed by atoms with E-state index in [0.717, 1.165) is 42.7 Å². The third-order valence-corrected chi connectivity index (χ3v) is 3.61. The van der Waals surface area contributed by atoms with E-state index in [0.29, 0.717) is 12.4 Å². The van der Waals surface area contributed by atoms with Gasteiger partial charge in [0.25, 0.3) is 6.20 Å². The van der Waals surface area contributed by atoms with Crippen LogP contribution < -0.4 is 10.6 Å². The van der Waals surface area contributed by atoms with Crippen molar-refractivity contribution in [2.24, 2.45) is 0 Å². The van der Waals surface area contributed by atoms with Crippen LogP contribution in [0.3, 0.4) is 0 Å². The zero-order valence-corrected chi connectivity index (χ0v) is 13.6. The summed E-state index contributed by atoms with van der Waals surface area (Å²) in [6.07, 6.45) is 3.83. The number of rotatable bonds is 10. The minimum Gasteiger partial charge on any atom is -0.370 e. The van der Waals surface area contributed by atoms with Crippen LogP contribution in [0.15, 0.2) is 17.4 Å². The topological polar surface area (TPSA) is 83.3 Å². The fraction of sp³-hybridized carbons (Fsp3) is 0.615. The Hall–Kier alpha value is -1.67. The average molecular weight is 313 g/mol. The van der Waals surface area contributed by atoms with Gasteiger partial charge in [-0.05, 0) is 33.4 Å². The number of aromatic nitrogens is 1. The molecule has 0 unspecified atom stereocenters. The van der Waals surface area contributed by atoms with Gasteiger partial charge in [-0.2, -0.15) is 0 Å². The van der Waals surface area contributed by atoms with E-state index in [1.54, 1.807) is 18.4 Å². The van der Waals surface area contributed by atoms with Gasteiger partial charge in [0.1, 0.15) is 5.01 Å². The molecule has 1 aromatic rings. The van der Waals surface area contributed by atoms with Gasteiger partial charge in [-0.3, -0.25) is 10.1 Å². The number of nitrogens with zero attached hydrogens (tertiary/aromatic N) is 3. The standard InChI is InChI=1S/C13H23N5O2S/c1-14-12(8-18(19)20)15-7-5-4-6-11-10-21-13(16-11)9-17(2)3/h8,10,14-15H,4-7,9H2,1-3H3. The smallest absolute Gasteiger partial charge is 0.274 e. The van der Waals surface area contributed by atoms with Crippen LogP contribution >= 0.6 is 11.3 Å². The molecule has 0 bridgehead atoms. The summed E-state index contributed by atoms with van der Waals surface area (Å²) >= 11 is 1.69. The van der Waals surface area contributed by atoms with E-state index in [1.807, 2.05) is 14.1 Å². The molecule has 0 amide bonds. The molecule has 7 nitrogen and oxygen atoms in total. The van der Waals surface area contributed by atoms with Gasteiger partial charge in [0, 0.05) is 25.5 Å². The lowest BCUT2D eigenvalue weighted by Crippen LogP contribution is -2.25. The second-order valence-corrected chi connectivity index (χ2v) is 5.88. The summed E-state index contributed by atoms with van der Waals surface area (Å²) in [6, 6.07) is 0. The Bertz CT molecular complexity index is 473. The van der Waals surface area contributed by atoms with E-state index in [1.165, 1.54) is 0 Å². The van der Waals surface area contributed by atoms with Crippen molar-refractivity contribution in [1.29, 1.82) is 0 Å². The summed E-state index contributed by atoms with van der Waals surface area (Å²) in [5.41, 5.74) is 1.13. The first-order chi connectivity index (χ1) is 10.0. The van der Waals surface area contributed by atoms with Crippen LogP contribution in [-0.2, 0) is 13.0 Å². The van der Waals surface area contributed by atoms with E-state index in [-0.39, 0.29) is 0 Å². The zero-order chi connectivity index (χ0) is 15.7. The summed E-state index contributed by atoms with van der Waals surface area (Å²) in [4.78, 5) is 16.6. The number of hydrogen-bond donors (Lipinski definition) is 2. The number of hydrogen-bond acceptors (Lipinski definition) is 7. The molecule has 0 atom stereocenters. The monoisotopic (exact) mass is 313 g/mol. The summed E-state index contributed by atoms with van der Waals surface area (Å²) in [7, 11) is 5.72. The molecule has 2 N–H and O–H groups in total. The third kappa shape index (κ3) is 7.62. The highest BCUT2D eigenvalue weighted by Crippen LogP contribution is 2.13. The number of nitro groups is 1. The van der Waals surface area contributed by atoms with Gasteiger partial charge >= 0.3 is 0 Å². The molecule has 0 fully saturated rings. The van der Waals surface area contributed by atoms with Gasteiger partial charge in [0.15, 0.2) is 5.82 Å². The van der Waals surface area contributed by atoms with Crippen molar-refractivity contribution in [3.05, 3.63) is 38.2 Å². The minimum absolute atomic E-state index is 0.432. The third-order valence-electron chi connectivity index (χ3n) is 2.73. The summed E-state index contributed by atoms with van der Waals surface area (Å²) in [6.45, 7) is 1.58. The van der Waals surface area contributed by atoms with Crippen molar-refractivity contribution in [2.45, 2.75) is 25.8 Å².